The first-order chi connectivity index (χ1) is 10.2. The van der Waals surface area contributed by atoms with Gasteiger partial charge in [0.2, 0.25) is 5.91 Å². The largest absolute Gasteiger partial charge is 0.382 e. The van der Waals surface area contributed by atoms with Crippen LogP contribution in [0.4, 0.5) is 15.8 Å². The van der Waals surface area contributed by atoms with Gasteiger partial charge in [-0.2, -0.15) is 0 Å². The zero-order valence-electron chi connectivity index (χ0n) is 11.6. The first-order valence-electron chi connectivity index (χ1n) is 6.66. The molecule has 0 bridgehead atoms. The quantitative estimate of drug-likeness (QED) is 0.796. The Morgan fingerprint density at radius 3 is 2.29 bits per heavy atom. The molecule has 0 saturated heterocycles. The third-order valence-electron chi connectivity index (χ3n) is 2.90. The van der Waals surface area contributed by atoms with E-state index in [2.05, 4.69) is 17.2 Å². The summed E-state index contributed by atoms with van der Waals surface area (Å²) in [6.45, 7) is 4.33. The number of carbonyl (C=O) groups is 1. The molecular weight excluding hydrogens is 267 g/mol. The highest BCUT2D eigenvalue weighted by atomic mass is 19.1. The van der Waals surface area contributed by atoms with Crippen LogP contribution in [0.3, 0.4) is 0 Å². The maximum Gasteiger partial charge on any atom is 0.228 e. The molecule has 3 nitrogen and oxygen atoms in total. The highest BCUT2D eigenvalue weighted by Gasteiger charge is 2.04. The van der Waals surface area contributed by atoms with E-state index in [1.807, 2.05) is 24.3 Å². The Morgan fingerprint density at radius 2 is 1.67 bits per heavy atom. The molecule has 2 rings (SSSR count). The Hall–Kier alpha value is -2.62. The topological polar surface area (TPSA) is 41.1 Å². The van der Waals surface area contributed by atoms with Gasteiger partial charge in [0, 0.05) is 17.9 Å². The molecule has 0 fully saturated rings. The lowest BCUT2D eigenvalue weighted by molar-refractivity contribution is -0.115. The van der Waals surface area contributed by atoms with Gasteiger partial charge in [0.05, 0.1) is 6.42 Å². The first kappa shape index (κ1) is 14.8. The smallest absolute Gasteiger partial charge is 0.228 e. The maximum absolute atomic E-state index is 12.8. The minimum Gasteiger partial charge on any atom is -0.382 e. The van der Waals surface area contributed by atoms with Crippen molar-refractivity contribution in [3.05, 3.63) is 72.6 Å². The Morgan fingerprint density at radius 1 is 1.05 bits per heavy atom. The number of nitrogens with one attached hydrogen (secondary N) is 2. The fourth-order valence-corrected chi connectivity index (χ4v) is 1.85. The van der Waals surface area contributed by atoms with Crippen LogP contribution >= 0.6 is 0 Å². The summed E-state index contributed by atoms with van der Waals surface area (Å²) in [4.78, 5) is 11.9. The number of benzene rings is 2. The van der Waals surface area contributed by atoms with Crippen molar-refractivity contribution in [3.63, 3.8) is 0 Å². The van der Waals surface area contributed by atoms with E-state index in [4.69, 9.17) is 0 Å². The average molecular weight is 284 g/mol. The molecule has 2 N–H and O–H groups in total. The maximum atomic E-state index is 12.8. The molecule has 0 heterocycles. The van der Waals surface area contributed by atoms with Gasteiger partial charge in [-0.05, 0) is 42.0 Å². The molecule has 2 aromatic carbocycles. The molecule has 0 spiro atoms. The van der Waals surface area contributed by atoms with E-state index in [0.29, 0.717) is 6.54 Å². The van der Waals surface area contributed by atoms with Crippen LogP contribution in [0.15, 0.2) is 61.2 Å². The highest BCUT2D eigenvalue weighted by molar-refractivity contribution is 5.92. The summed E-state index contributed by atoms with van der Waals surface area (Å²) in [6, 6.07) is 13.3. The number of amides is 1. The molecular formula is C17H17FN2O. The monoisotopic (exact) mass is 284 g/mol. The summed E-state index contributed by atoms with van der Waals surface area (Å²) in [6.07, 6.45) is 2.00. The van der Waals surface area contributed by atoms with Gasteiger partial charge in [-0.1, -0.05) is 18.2 Å². The van der Waals surface area contributed by atoms with Crippen molar-refractivity contribution in [2.45, 2.75) is 6.42 Å². The highest BCUT2D eigenvalue weighted by Crippen LogP contribution is 2.14. The summed E-state index contributed by atoms with van der Waals surface area (Å²) in [7, 11) is 0. The Balaban J connectivity index is 1.90. The molecule has 4 heteroatoms. The third-order valence-corrected chi connectivity index (χ3v) is 2.90. The summed E-state index contributed by atoms with van der Waals surface area (Å²) < 4.78 is 12.8. The number of hydrogen-bond acceptors (Lipinski definition) is 2. The van der Waals surface area contributed by atoms with Crippen molar-refractivity contribution in [3.8, 4) is 0 Å². The Kier molecular flexibility index (Phi) is 5.10. The number of carbonyl (C=O) groups excluding carboxylic acids is 1. The molecule has 2 aromatic rings. The molecule has 1 amide bonds. The first-order valence-corrected chi connectivity index (χ1v) is 6.66. The van der Waals surface area contributed by atoms with Crippen LogP contribution in [0.25, 0.3) is 0 Å². The summed E-state index contributed by atoms with van der Waals surface area (Å²) in [5.74, 6) is -0.435. The zero-order valence-corrected chi connectivity index (χ0v) is 11.6. The predicted octanol–water partition coefficient (Wildman–Crippen LogP) is 3.60. The van der Waals surface area contributed by atoms with Crippen LogP contribution in [0, 0.1) is 5.82 Å². The molecule has 0 radical (unpaired) electrons. The second kappa shape index (κ2) is 7.24. The van der Waals surface area contributed by atoms with Crippen LogP contribution in [0.2, 0.25) is 0 Å². The lowest BCUT2D eigenvalue weighted by Crippen LogP contribution is -2.14. The van der Waals surface area contributed by atoms with E-state index >= 15 is 0 Å². The summed E-state index contributed by atoms with van der Waals surface area (Å²) in [5, 5.41) is 5.96. The molecule has 108 valence electrons. The molecule has 0 aliphatic heterocycles. The van der Waals surface area contributed by atoms with Crippen LogP contribution in [0.5, 0.6) is 0 Å². The second-order valence-electron chi connectivity index (χ2n) is 4.60. The van der Waals surface area contributed by atoms with Crippen molar-refractivity contribution in [2.24, 2.45) is 0 Å². The van der Waals surface area contributed by atoms with Crippen LogP contribution in [0.1, 0.15) is 5.56 Å². The Labute approximate surface area is 123 Å². The van der Waals surface area contributed by atoms with Crippen LogP contribution in [-0.4, -0.2) is 12.5 Å². The minimum atomic E-state index is -0.304. The summed E-state index contributed by atoms with van der Waals surface area (Å²) >= 11 is 0. The van der Waals surface area contributed by atoms with Crippen molar-refractivity contribution in [1.29, 1.82) is 0 Å². The predicted molar refractivity (Wildman–Crippen MR) is 83.9 cm³/mol. The SMILES string of the molecule is C=CCNc1ccc(NC(=O)Cc2ccc(F)cc2)cc1. The van der Waals surface area contributed by atoms with Gasteiger partial charge in [0.25, 0.3) is 0 Å². The second-order valence-corrected chi connectivity index (χ2v) is 4.60. The van der Waals surface area contributed by atoms with E-state index in [-0.39, 0.29) is 18.1 Å². The van der Waals surface area contributed by atoms with E-state index in [9.17, 15) is 9.18 Å². The van der Waals surface area contributed by atoms with Gasteiger partial charge in [0.1, 0.15) is 5.82 Å². The van der Waals surface area contributed by atoms with E-state index < -0.39 is 0 Å². The molecule has 21 heavy (non-hydrogen) atoms. The van der Waals surface area contributed by atoms with Crippen molar-refractivity contribution in [2.75, 3.05) is 17.2 Å². The number of rotatable bonds is 6. The minimum absolute atomic E-state index is 0.131. The van der Waals surface area contributed by atoms with Gasteiger partial charge in [-0.25, -0.2) is 4.39 Å². The normalized spacial score (nSPS) is 9.95. The number of halogens is 1. The van der Waals surface area contributed by atoms with Crippen molar-refractivity contribution < 1.29 is 9.18 Å². The fourth-order valence-electron chi connectivity index (χ4n) is 1.85. The molecule has 0 atom stereocenters. The van der Waals surface area contributed by atoms with Crippen molar-refractivity contribution >= 4 is 17.3 Å². The standard InChI is InChI=1S/C17H17FN2O/c1-2-11-19-15-7-9-16(10-8-15)20-17(21)12-13-3-5-14(18)6-4-13/h2-10,19H,1,11-12H2,(H,20,21). The van der Waals surface area contributed by atoms with Crippen LogP contribution in [-0.2, 0) is 11.2 Å². The van der Waals surface area contributed by atoms with Gasteiger partial charge >= 0.3 is 0 Å². The molecule has 0 aliphatic carbocycles. The lowest BCUT2D eigenvalue weighted by atomic mass is 10.1. The summed E-state index contributed by atoms with van der Waals surface area (Å²) in [5.41, 5.74) is 2.47. The third kappa shape index (κ3) is 4.76. The van der Waals surface area contributed by atoms with Gasteiger partial charge in [-0.3, -0.25) is 4.79 Å². The number of hydrogen-bond donors (Lipinski definition) is 2. The lowest BCUT2D eigenvalue weighted by Gasteiger charge is -2.07. The molecule has 0 unspecified atom stereocenters. The van der Waals surface area contributed by atoms with E-state index in [1.54, 1.807) is 18.2 Å². The van der Waals surface area contributed by atoms with Gasteiger partial charge in [0.15, 0.2) is 0 Å². The van der Waals surface area contributed by atoms with E-state index in [0.717, 1.165) is 16.9 Å². The molecule has 0 aromatic heterocycles. The Bertz CT molecular complexity index is 606. The van der Waals surface area contributed by atoms with E-state index in [1.165, 1.54) is 12.1 Å². The average Bonchev–Trinajstić information content (AvgIpc) is 2.49. The molecule has 0 saturated carbocycles. The number of anilines is 2. The fraction of sp³-hybridized carbons (Fsp3) is 0.118. The van der Waals surface area contributed by atoms with Crippen molar-refractivity contribution in [1.82, 2.24) is 0 Å². The van der Waals surface area contributed by atoms with Crippen LogP contribution < -0.4 is 10.6 Å². The van der Waals surface area contributed by atoms with Gasteiger partial charge in [-0.15, -0.1) is 6.58 Å². The zero-order chi connectivity index (χ0) is 15.1. The molecule has 0 aliphatic rings. The van der Waals surface area contributed by atoms with Gasteiger partial charge < -0.3 is 10.6 Å².